The van der Waals surface area contributed by atoms with E-state index in [1.807, 2.05) is 34.9 Å². The Hall–Kier alpha value is -3.79. The number of halogens is 2. The summed E-state index contributed by atoms with van der Waals surface area (Å²) in [6.45, 7) is 3.61. The molecule has 2 heterocycles. The van der Waals surface area contributed by atoms with Gasteiger partial charge in [0.15, 0.2) is 5.69 Å². The standard InChI is InChI=1S/C30H35F2N5O3/c1-2-40-30(39)35-25-10-6-7-11-26(25)37-19-34-27(28(37)21-8-4-3-5-9-21)29(38)36-13-12-33-18-24(36)16-20-14-22(31)17-23(32)15-20/h3-5,8-9,14-15,17,19,24-26,33H,2,6-7,10-13,16,18H2,1H3,(H,35,39)/t24-,25+,26+/m1/s1. The lowest BCUT2D eigenvalue weighted by atomic mass is 9.89. The molecule has 0 bridgehead atoms. The minimum Gasteiger partial charge on any atom is -0.450 e. The molecule has 212 valence electrons. The lowest BCUT2D eigenvalue weighted by molar-refractivity contribution is 0.0631. The molecule has 2 aromatic carbocycles. The molecule has 1 saturated heterocycles. The number of nitrogens with zero attached hydrogens (tertiary/aromatic N) is 3. The maximum atomic E-state index is 14.2. The zero-order chi connectivity index (χ0) is 28.1. The topological polar surface area (TPSA) is 88.5 Å². The molecule has 2 aliphatic rings. The van der Waals surface area contributed by atoms with E-state index in [9.17, 15) is 18.4 Å². The Bertz CT molecular complexity index is 1310. The van der Waals surface area contributed by atoms with Crippen LogP contribution >= 0.6 is 0 Å². The number of nitrogens with one attached hydrogen (secondary N) is 2. The SMILES string of the molecule is CCOC(=O)N[C@H]1CCCC[C@@H]1n1cnc(C(=O)N2CCNC[C@H]2Cc2cc(F)cc(F)c2)c1-c1ccccc1. The third-order valence-electron chi connectivity index (χ3n) is 7.71. The van der Waals surface area contributed by atoms with E-state index in [0.29, 0.717) is 43.0 Å². The van der Waals surface area contributed by atoms with Gasteiger partial charge in [0.25, 0.3) is 5.91 Å². The Morgan fingerprint density at radius 3 is 2.60 bits per heavy atom. The smallest absolute Gasteiger partial charge is 0.407 e. The largest absolute Gasteiger partial charge is 0.450 e. The number of hydrogen-bond donors (Lipinski definition) is 2. The first-order chi connectivity index (χ1) is 19.4. The van der Waals surface area contributed by atoms with E-state index in [2.05, 4.69) is 15.6 Å². The van der Waals surface area contributed by atoms with Crippen molar-refractivity contribution in [1.29, 1.82) is 0 Å². The molecular formula is C30H35F2N5O3. The van der Waals surface area contributed by atoms with Crippen LogP contribution in [-0.4, -0.2) is 64.8 Å². The first-order valence-electron chi connectivity index (χ1n) is 14.0. The number of carbonyl (C=O) groups excluding carboxylic acids is 2. The molecule has 5 rings (SSSR count). The molecule has 1 aliphatic heterocycles. The van der Waals surface area contributed by atoms with Crippen molar-refractivity contribution in [3.8, 4) is 11.3 Å². The third-order valence-corrected chi connectivity index (χ3v) is 7.71. The fraction of sp³-hybridized carbons (Fsp3) is 0.433. The lowest BCUT2D eigenvalue weighted by Gasteiger charge is -2.36. The summed E-state index contributed by atoms with van der Waals surface area (Å²) in [5.74, 6) is -1.51. The summed E-state index contributed by atoms with van der Waals surface area (Å²) >= 11 is 0. The second-order valence-corrected chi connectivity index (χ2v) is 10.4. The van der Waals surface area contributed by atoms with Crippen LogP contribution in [0.5, 0.6) is 0 Å². The second-order valence-electron chi connectivity index (χ2n) is 10.4. The van der Waals surface area contributed by atoms with Crippen LogP contribution in [-0.2, 0) is 11.2 Å². The highest BCUT2D eigenvalue weighted by atomic mass is 19.1. The van der Waals surface area contributed by atoms with Crippen molar-refractivity contribution in [2.75, 3.05) is 26.2 Å². The van der Waals surface area contributed by atoms with Crippen molar-refractivity contribution in [3.05, 3.63) is 77.8 Å². The van der Waals surface area contributed by atoms with Crippen LogP contribution in [0.25, 0.3) is 11.3 Å². The summed E-state index contributed by atoms with van der Waals surface area (Å²) < 4.78 is 35.0. The second kappa shape index (κ2) is 12.6. The van der Waals surface area contributed by atoms with Crippen LogP contribution in [0.15, 0.2) is 54.9 Å². The van der Waals surface area contributed by atoms with Crippen molar-refractivity contribution in [1.82, 2.24) is 25.1 Å². The lowest BCUT2D eigenvalue weighted by Crippen LogP contribution is -2.54. The summed E-state index contributed by atoms with van der Waals surface area (Å²) in [4.78, 5) is 32.9. The summed E-state index contributed by atoms with van der Waals surface area (Å²) in [7, 11) is 0. The third kappa shape index (κ3) is 6.17. The van der Waals surface area contributed by atoms with Gasteiger partial charge in [-0.05, 0) is 43.9 Å². The molecule has 1 aromatic heterocycles. The van der Waals surface area contributed by atoms with Gasteiger partial charge in [0.2, 0.25) is 0 Å². The number of carbonyl (C=O) groups is 2. The maximum Gasteiger partial charge on any atom is 0.407 e. The summed E-state index contributed by atoms with van der Waals surface area (Å²) in [6.07, 6.45) is 5.15. The van der Waals surface area contributed by atoms with Crippen LogP contribution in [0, 0.1) is 11.6 Å². The first-order valence-corrected chi connectivity index (χ1v) is 14.0. The van der Waals surface area contributed by atoms with Crippen LogP contribution in [0.2, 0.25) is 0 Å². The van der Waals surface area contributed by atoms with Crippen LogP contribution in [0.4, 0.5) is 13.6 Å². The van der Waals surface area contributed by atoms with Crippen LogP contribution in [0.1, 0.15) is 54.7 Å². The van der Waals surface area contributed by atoms with Gasteiger partial charge in [-0.3, -0.25) is 4.79 Å². The average Bonchev–Trinajstić information content (AvgIpc) is 3.38. The molecule has 2 amide bonds. The monoisotopic (exact) mass is 551 g/mol. The Kier molecular flexibility index (Phi) is 8.74. The Balaban J connectivity index is 1.49. The quantitative estimate of drug-likeness (QED) is 0.444. The van der Waals surface area contributed by atoms with Crippen molar-refractivity contribution in [2.45, 2.75) is 57.2 Å². The maximum absolute atomic E-state index is 14.2. The van der Waals surface area contributed by atoms with Crippen molar-refractivity contribution >= 4 is 12.0 Å². The highest BCUT2D eigenvalue weighted by Gasteiger charge is 2.35. The van der Waals surface area contributed by atoms with E-state index in [1.165, 1.54) is 12.1 Å². The highest BCUT2D eigenvalue weighted by Crippen LogP contribution is 2.35. The van der Waals surface area contributed by atoms with Gasteiger partial charge >= 0.3 is 6.09 Å². The number of hydrogen-bond acceptors (Lipinski definition) is 5. The van der Waals surface area contributed by atoms with E-state index in [0.717, 1.165) is 37.3 Å². The molecule has 2 N–H and O–H groups in total. The minimum atomic E-state index is -0.639. The van der Waals surface area contributed by atoms with Crippen LogP contribution < -0.4 is 10.6 Å². The Morgan fingerprint density at radius 1 is 1.10 bits per heavy atom. The van der Waals surface area contributed by atoms with Gasteiger partial charge in [0.1, 0.15) is 11.6 Å². The molecule has 1 aliphatic carbocycles. The van der Waals surface area contributed by atoms with Crippen LogP contribution in [0.3, 0.4) is 0 Å². The fourth-order valence-corrected chi connectivity index (χ4v) is 5.94. The predicted octanol–water partition coefficient (Wildman–Crippen LogP) is 4.71. The summed E-state index contributed by atoms with van der Waals surface area (Å²) in [5, 5.41) is 6.32. The summed E-state index contributed by atoms with van der Waals surface area (Å²) in [5.41, 5.74) is 2.36. The fourth-order valence-electron chi connectivity index (χ4n) is 5.94. The molecule has 0 radical (unpaired) electrons. The minimum absolute atomic E-state index is 0.100. The van der Waals surface area contributed by atoms with Gasteiger partial charge in [-0.15, -0.1) is 0 Å². The predicted molar refractivity (Wildman–Crippen MR) is 147 cm³/mol. The molecular weight excluding hydrogens is 516 g/mol. The molecule has 1 saturated carbocycles. The van der Waals surface area contributed by atoms with E-state index >= 15 is 0 Å². The molecule has 40 heavy (non-hydrogen) atoms. The van der Waals surface area contributed by atoms with Gasteiger partial charge in [-0.2, -0.15) is 0 Å². The molecule has 3 aromatic rings. The van der Waals surface area contributed by atoms with Gasteiger partial charge in [-0.1, -0.05) is 43.2 Å². The number of benzene rings is 2. The first kappa shape index (κ1) is 27.8. The zero-order valence-corrected chi connectivity index (χ0v) is 22.6. The molecule has 2 fully saturated rings. The van der Waals surface area contributed by atoms with E-state index < -0.39 is 17.7 Å². The van der Waals surface area contributed by atoms with Crippen molar-refractivity contribution in [2.24, 2.45) is 0 Å². The highest BCUT2D eigenvalue weighted by molar-refractivity contribution is 5.98. The van der Waals surface area contributed by atoms with Gasteiger partial charge in [-0.25, -0.2) is 18.6 Å². The van der Waals surface area contributed by atoms with E-state index in [1.54, 1.807) is 18.2 Å². The number of aromatic nitrogens is 2. The molecule has 10 heteroatoms. The van der Waals surface area contributed by atoms with Gasteiger partial charge in [0.05, 0.1) is 30.7 Å². The normalized spacial score (nSPS) is 21.2. The van der Waals surface area contributed by atoms with E-state index in [-0.39, 0.29) is 30.6 Å². The van der Waals surface area contributed by atoms with E-state index in [4.69, 9.17) is 4.74 Å². The van der Waals surface area contributed by atoms with Crippen molar-refractivity contribution < 1.29 is 23.1 Å². The number of rotatable bonds is 7. The summed E-state index contributed by atoms with van der Waals surface area (Å²) in [6, 6.07) is 12.6. The Labute approximate surface area is 232 Å². The average molecular weight is 552 g/mol. The number of ether oxygens (including phenoxy) is 1. The zero-order valence-electron chi connectivity index (χ0n) is 22.6. The number of alkyl carbamates (subject to hydrolysis) is 1. The van der Waals surface area contributed by atoms with Gasteiger partial charge in [0, 0.05) is 37.3 Å². The number of imidazole rings is 1. The van der Waals surface area contributed by atoms with Gasteiger partial charge < -0.3 is 24.8 Å². The molecule has 0 unspecified atom stereocenters. The number of amides is 2. The Morgan fingerprint density at radius 2 is 1.85 bits per heavy atom. The molecule has 0 spiro atoms. The number of piperazine rings is 1. The van der Waals surface area contributed by atoms with Crippen molar-refractivity contribution in [3.63, 3.8) is 0 Å². The molecule has 8 nitrogen and oxygen atoms in total. The molecule has 3 atom stereocenters.